The lowest BCUT2D eigenvalue weighted by Gasteiger charge is -2.45. The SMILES string of the molecule is Cc1cc(CN2CCN3C(=O)OC4(CCN(C(=O)C5CC5)CC4)C3C2)no1. The largest absolute Gasteiger partial charge is 0.440 e. The maximum atomic E-state index is 12.5. The molecule has 146 valence electrons. The minimum Gasteiger partial charge on any atom is -0.440 e. The Hall–Kier alpha value is -2.09. The van der Waals surface area contributed by atoms with E-state index in [1.54, 1.807) is 0 Å². The number of rotatable bonds is 3. The Morgan fingerprint density at radius 1 is 1.26 bits per heavy atom. The van der Waals surface area contributed by atoms with E-state index in [9.17, 15) is 9.59 Å². The van der Waals surface area contributed by atoms with E-state index in [0.29, 0.717) is 19.6 Å². The second-order valence-electron chi connectivity index (χ2n) is 8.41. The number of carbonyl (C=O) groups excluding carboxylic acids is 2. The molecule has 4 aliphatic rings. The van der Waals surface area contributed by atoms with Crippen LogP contribution in [0, 0.1) is 12.8 Å². The third-order valence-electron chi connectivity index (χ3n) is 6.51. The van der Waals surface area contributed by atoms with Crippen molar-refractivity contribution in [2.45, 2.75) is 50.8 Å². The molecule has 0 radical (unpaired) electrons. The molecule has 1 saturated carbocycles. The minimum absolute atomic E-state index is 0.0462. The van der Waals surface area contributed by atoms with Crippen molar-refractivity contribution >= 4 is 12.0 Å². The fourth-order valence-electron chi connectivity index (χ4n) is 4.80. The Kier molecular flexibility index (Phi) is 3.93. The van der Waals surface area contributed by atoms with E-state index in [-0.39, 0.29) is 24.0 Å². The lowest BCUT2D eigenvalue weighted by molar-refractivity contribution is -0.137. The van der Waals surface area contributed by atoms with Gasteiger partial charge in [0, 0.05) is 64.1 Å². The Labute approximate surface area is 158 Å². The summed E-state index contributed by atoms with van der Waals surface area (Å²) in [6.45, 7) is 6.24. The van der Waals surface area contributed by atoms with Gasteiger partial charge in [-0.2, -0.15) is 0 Å². The van der Waals surface area contributed by atoms with E-state index in [1.165, 1.54) is 0 Å². The van der Waals surface area contributed by atoms with Gasteiger partial charge in [-0.1, -0.05) is 5.16 Å². The number of amides is 2. The Morgan fingerprint density at radius 3 is 2.70 bits per heavy atom. The van der Waals surface area contributed by atoms with Crippen LogP contribution in [-0.4, -0.2) is 76.2 Å². The van der Waals surface area contributed by atoms with E-state index in [4.69, 9.17) is 9.26 Å². The van der Waals surface area contributed by atoms with E-state index in [2.05, 4.69) is 10.1 Å². The smallest absolute Gasteiger partial charge is 0.410 e. The highest BCUT2D eigenvalue weighted by Crippen LogP contribution is 2.41. The molecule has 27 heavy (non-hydrogen) atoms. The molecule has 0 bridgehead atoms. The van der Waals surface area contributed by atoms with Gasteiger partial charge < -0.3 is 14.2 Å². The molecule has 1 aromatic heterocycles. The predicted molar refractivity (Wildman–Crippen MR) is 94.8 cm³/mol. The van der Waals surface area contributed by atoms with Crippen molar-refractivity contribution in [3.05, 3.63) is 17.5 Å². The van der Waals surface area contributed by atoms with Crippen LogP contribution in [0.1, 0.15) is 37.1 Å². The van der Waals surface area contributed by atoms with Crippen molar-refractivity contribution in [2.75, 3.05) is 32.7 Å². The van der Waals surface area contributed by atoms with E-state index >= 15 is 0 Å². The highest BCUT2D eigenvalue weighted by Gasteiger charge is 2.57. The number of nitrogens with zero attached hydrogens (tertiary/aromatic N) is 4. The first-order chi connectivity index (χ1) is 13.0. The van der Waals surface area contributed by atoms with Crippen LogP contribution >= 0.6 is 0 Å². The van der Waals surface area contributed by atoms with E-state index in [0.717, 1.165) is 56.8 Å². The number of fused-ring (bicyclic) bond motifs is 2. The number of piperazine rings is 1. The van der Waals surface area contributed by atoms with Gasteiger partial charge in [-0.25, -0.2) is 4.79 Å². The number of piperidine rings is 1. The number of hydrogen-bond donors (Lipinski definition) is 0. The summed E-state index contributed by atoms with van der Waals surface area (Å²) < 4.78 is 11.1. The number of hydrogen-bond acceptors (Lipinski definition) is 6. The summed E-state index contributed by atoms with van der Waals surface area (Å²) in [5.41, 5.74) is 0.459. The van der Waals surface area contributed by atoms with Crippen molar-refractivity contribution < 1.29 is 18.8 Å². The summed E-state index contributed by atoms with van der Waals surface area (Å²) in [5, 5.41) is 4.09. The fourth-order valence-corrected chi connectivity index (χ4v) is 4.80. The van der Waals surface area contributed by atoms with Gasteiger partial charge in [-0.15, -0.1) is 0 Å². The highest BCUT2D eigenvalue weighted by molar-refractivity contribution is 5.81. The van der Waals surface area contributed by atoms with E-state index in [1.807, 2.05) is 22.8 Å². The van der Waals surface area contributed by atoms with Crippen LogP contribution in [-0.2, 0) is 16.1 Å². The maximum Gasteiger partial charge on any atom is 0.410 e. The molecular weight excluding hydrogens is 348 g/mol. The molecule has 4 heterocycles. The van der Waals surface area contributed by atoms with Gasteiger partial charge in [0.15, 0.2) is 0 Å². The van der Waals surface area contributed by atoms with Gasteiger partial charge in [0.2, 0.25) is 5.91 Å². The standard InChI is InChI=1S/C19H26N4O4/c1-13-10-15(20-27-13)11-21-8-9-23-16(12-21)19(26-18(23)25)4-6-22(7-5-19)17(24)14-2-3-14/h10,14,16H,2-9,11-12H2,1H3. The summed E-state index contributed by atoms with van der Waals surface area (Å²) in [7, 11) is 0. The zero-order chi connectivity index (χ0) is 18.6. The van der Waals surface area contributed by atoms with Gasteiger partial charge >= 0.3 is 6.09 Å². The minimum atomic E-state index is -0.462. The van der Waals surface area contributed by atoms with Crippen LogP contribution in [0.3, 0.4) is 0 Å². The van der Waals surface area contributed by atoms with Crippen molar-refractivity contribution in [1.29, 1.82) is 0 Å². The van der Waals surface area contributed by atoms with Crippen molar-refractivity contribution in [1.82, 2.24) is 19.9 Å². The average Bonchev–Trinajstić information content (AvgIpc) is 3.39. The number of carbonyl (C=O) groups is 2. The monoisotopic (exact) mass is 374 g/mol. The van der Waals surface area contributed by atoms with Crippen LogP contribution in [0.5, 0.6) is 0 Å². The van der Waals surface area contributed by atoms with Crippen molar-refractivity contribution in [3.63, 3.8) is 0 Å². The lowest BCUT2D eigenvalue weighted by atomic mass is 9.83. The Bertz CT molecular complexity index is 751. The second-order valence-corrected chi connectivity index (χ2v) is 8.41. The third kappa shape index (κ3) is 2.99. The molecule has 1 unspecified atom stereocenters. The highest BCUT2D eigenvalue weighted by atomic mass is 16.6. The van der Waals surface area contributed by atoms with Gasteiger partial charge in [-0.3, -0.25) is 14.6 Å². The zero-order valence-corrected chi connectivity index (χ0v) is 15.7. The molecule has 1 atom stereocenters. The fraction of sp³-hybridized carbons (Fsp3) is 0.737. The lowest BCUT2D eigenvalue weighted by Crippen LogP contribution is -2.60. The molecule has 1 aliphatic carbocycles. The van der Waals surface area contributed by atoms with Crippen LogP contribution in [0.15, 0.2) is 10.6 Å². The molecule has 8 heteroatoms. The molecule has 4 fully saturated rings. The first-order valence-electron chi connectivity index (χ1n) is 9.97. The first kappa shape index (κ1) is 17.0. The molecule has 2 amide bonds. The number of likely N-dealkylation sites (tertiary alicyclic amines) is 1. The Morgan fingerprint density at radius 2 is 2.04 bits per heavy atom. The van der Waals surface area contributed by atoms with Crippen molar-refractivity contribution in [3.8, 4) is 0 Å². The second kappa shape index (κ2) is 6.22. The molecule has 5 rings (SSSR count). The molecule has 8 nitrogen and oxygen atoms in total. The first-order valence-corrected chi connectivity index (χ1v) is 9.97. The molecule has 3 saturated heterocycles. The summed E-state index contributed by atoms with van der Waals surface area (Å²) in [4.78, 5) is 31.0. The van der Waals surface area contributed by atoms with Crippen LogP contribution in [0.25, 0.3) is 0 Å². The summed E-state index contributed by atoms with van der Waals surface area (Å²) in [5.74, 6) is 1.35. The zero-order valence-electron chi connectivity index (χ0n) is 15.7. The topological polar surface area (TPSA) is 79.1 Å². The number of aromatic nitrogens is 1. The maximum absolute atomic E-state index is 12.5. The molecule has 1 aromatic rings. The number of aryl methyl sites for hydroxylation is 1. The number of ether oxygens (including phenoxy) is 1. The third-order valence-corrected chi connectivity index (χ3v) is 6.51. The molecule has 0 aromatic carbocycles. The molecule has 3 aliphatic heterocycles. The Balaban J connectivity index is 1.27. The van der Waals surface area contributed by atoms with Crippen molar-refractivity contribution in [2.24, 2.45) is 5.92 Å². The molecular formula is C19H26N4O4. The summed E-state index contributed by atoms with van der Waals surface area (Å²) in [6, 6.07) is 2.00. The predicted octanol–water partition coefficient (Wildman–Crippen LogP) is 1.39. The van der Waals surface area contributed by atoms with Gasteiger partial charge in [0.05, 0.1) is 11.7 Å². The summed E-state index contributed by atoms with van der Waals surface area (Å²) in [6.07, 6.45) is 3.33. The molecule has 1 spiro atoms. The van der Waals surface area contributed by atoms with Gasteiger partial charge in [0.25, 0.3) is 0 Å². The normalized spacial score (nSPS) is 27.7. The van der Waals surface area contributed by atoms with Gasteiger partial charge in [-0.05, 0) is 19.8 Å². The average molecular weight is 374 g/mol. The van der Waals surface area contributed by atoms with Crippen LogP contribution < -0.4 is 0 Å². The molecule has 0 N–H and O–H groups in total. The van der Waals surface area contributed by atoms with Crippen LogP contribution in [0.2, 0.25) is 0 Å². The summed E-state index contributed by atoms with van der Waals surface area (Å²) >= 11 is 0. The quantitative estimate of drug-likeness (QED) is 0.796. The van der Waals surface area contributed by atoms with Crippen LogP contribution in [0.4, 0.5) is 4.79 Å². The van der Waals surface area contributed by atoms with E-state index < -0.39 is 5.60 Å². The van der Waals surface area contributed by atoms with Gasteiger partial charge in [0.1, 0.15) is 11.4 Å².